The highest BCUT2D eigenvalue weighted by Crippen LogP contribution is 2.33. The summed E-state index contributed by atoms with van der Waals surface area (Å²) in [4.78, 5) is 19.8. The number of hydrogen-bond acceptors (Lipinski definition) is 5. The summed E-state index contributed by atoms with van der Waals surface area (Å²) in [7, 11) is 0. The summed E-state index contributed by atoms with van der Waals surface area (Å²) in [6.45, 7) is 0. The van der Waals surface area contributed by atoms with Crippen LogP contribution in [0.5, 0.6) is 0 Å². The van der Waals surface area contributed by atoms with E-state index in [1.165, 1.54) is 0 Å². The molecule has 0 aliphatic carbocycles. The first-order valence-electron chi connectivity index (χ1n) is 11.6. The van der Waals surface area contributed by atoms with Gasteiger partial charge in [0.05, 0.1) is 39.7 Å². The zero-order chi connectivity index (χ0) is 24.3. The molecular weight excluding hydrogens is 442 g/mol. The molecular formula is C31H19N5. The Morgan fingerprint density at radius 1 is 0.472 bits per heavy atom. The lowest BCUT2D eigenvalue weighted by molar-refractivity contribution is 1.16. The monoisotopic (exact) mass is 461 g/mol. The van der Waals surface area contributed by atoms with Gasteiger partial charge in [-0.3, -0.25) is 0 Å². The Morgan fingerprint density at radius 2 is 1.06 bits per heavy atom. The second-order valence-electron chi connectivity index (χ2n) is 8.30. The van der Waals surface area contributed by atoms with Gasteiger partial charge in [0.15, 0.2) is 5.82 Å². The molecule has 0 N–H and O–H groups in total. The molecule has 5 heteroatoms. The van der Waals surface area contributed by atoms with E-state index in [9.17, 15) is 5.26 Å². The van der Waals surface area contributed by atoms with Gasteiger partial charge in [-0.25, -0.2) is 19.9 Å². The maximum atomic E-state index is 9.49. The Balaban J connectivity index is 1.65. The lowest BCUT2D eigenvalue weighted by Gasteiger charge is -2.13. The summed E-state index contributed by atoms with van der Waals surface area (Å²) >= 11 is 0. The number of hydrogen-bond donors (Lipinski definition) is 0. The third-order valence-electron chi connectivity index (χ3n) is 5.91. The third-order valence-corrected chi connectivity index (χ3v) is 5.91. The molecule has 0 saturated carbocycles. The van der Waals surface area contributed by atoms with Crippen LogP contribution in [0.1, 0.15) is 5.56 Å². The van der Waals surface area contributed by atoms with Crippen molar-refractivity contribution in [3.8, 4) is 51.4 Å². The molecule has 36 heavy (non-hydrogen) atoms. The Morgan fingerprint density at radius 3 is 1.75 bits per heavy atom. The SMILES string of the molecule is N#Cc1cccc(-c2nc3ccccc3nc2-c2cc(-c3ccccc3)nc(-c3ccccc3)n2)c1. The van der Waals surface area contributed by atoms with Crippen molar-refractivity contribution >= 4 is 11.0 Å². The predicted molar refractivity (Wildman–Crippen MR) is 142 cm³/mol. The smallest absolute Gasteiger partial charge is 0.160 e. The first kappa shape index (κ1) is 21.3. The van der Waals surface area contributed by atoms with Crippen LogP contribution in [0, 0.1) is 11.3 Å². The number of rotatable bonds is 4. The van der Waals surface area contributed by atoms with E-state index in [0.717, 1.165) is 33.4 Å². The van der Waals surface area contributed by atoms with Gasteiger partial charge >= 0.3 is 0 Å². The molecule has 2 heterocycles. The molecule has 0 amide bonds. The molecule has 0 spiro atoms. The molecule has 0 unspecified atom stereocenters. The van der Waals surface area contributed by atoms with Crippen molar-refractivity contribution in [1.82, 2.24) is 19.9 Å². The van der Waals surface area contributed by atoms with Crippen LogP contribution in [-0.2, 0) is 0 Å². The Labute approximate surface area is 208 Å². The standard InChI is InChI=1S/C31H19N5/c32-20-21-10-9-15-24(18-21)29-30(34-26-17-8-7-16-25(26)33-29)28-19-27(22-11-3-1-4-12-22)35-31(36-28)23-13-5-2-6-14-23/h1-19H. The number of nitriles is 1. The molecule has 4 aromatic carbocycles. The zero-order valence-electron chi connectivity index (χ0n) is 19.2. The largest absolute Gasteiger partial charge is 0.244 e. The molecule has 5 nitrogen and oxygen atoms in total. The van der Waals surface area contributed by atoms with E-state index in [4.69, 9.17) is 19.9 Å². The van der Waals surface area contributed by atoms with E-state index in [-0.39, 0.29) is 0 Å². The van der Waals surface area contributed by atoms with Crippen molar-refractivity contribution in [3.05, 3.63) is 121 Å². The van der Waals surface area contributed by atoms with Crippen molar-refractivity contribution in [2.45, 2.75) is 0 Å². The minimum Gasteiger partial charge on any atom is -0.244 e. The normalized spacial score (nSPS) is 10.8. The maximum absolute atomic E-state index is 9.49. The minimum absolute atomic E-state index is 0.561. The molecule has 0 saturated heterocycles. The van der Waals surface area contributed by atoms with Crippen LogP contribution < -0.4 is 0 Å². The second kappa shape index (κ2) is 9.21. The zero-order valence-corrected chi connectivity index (χ0v) is 19.2. The number of fused-ring (bicyclic) bond motifs is 1. The Hall–Kier alpha value is -5.21. The van der Waals surface area contributed by atoms with Gasteiger partial charge < -0.3 is 0 Å². The van der Waals surface area contributed by atoms with E-state index in [2.05, 4.69) is 6.07 Å². The average molecular weight is 462 g/mol. The molecule has 0 radical (unpaired) electrons. The lowest BCUT2D eigenvalue weighted by Crippen LogP contribution is -2.00. The van der Waals surface area contributed by atoms with Gasteiger partial charge in [0.25, 0.3) is 0 Å². The van der Waals surface area contributed by atoms with Crippen LogP contribution >= 0.6 is 0 Å². The number of benzene rings is 4. The molecule has 0 aliphatic heterocycles. The Kier molecular flexibility index (Phi) is 5.45. The minimum atomic E-state index is 0.561. The predicted octanol–water partition coefficient (Wildman–Crippen LogP) is 6.96. The topological polar surface area (TPSA) is 75.3 Å². The Bertz CT molecular complexity index is 1680. The van der Waals surface area contributed by atoms with E-state index < -0.39 is 0 Å². The van der Waals surface area contributed by atoms with E-state index in [0.29, 0.717) is 28.5 Å². The number of aromatic nitrogens is 4. The molecule has 0 atom stereocenters. The van der Waals surface area contributed by atoms with Crippen molar-refractivity contribution in [2.24, 2.45) is 0 Å². The van der Waals surface area contributed by atoms with Crippen molar-refractivity contribution in [2.75, 3.05) is 0 Å². The summed E-state index contributed by atoms with van der Waals surface area (Å²) < 4.78 is 0. The molecule has 6 rings (SSSR count). The molecule has 0 bridgehead atoms. The van der Waals surface area contributed by atoms with E-state index in [1.54, 1.807) is 6.07 Å². The van der Waals surface area contributed by atoms with Gasteiger partial charge in [-0.2, -0.15) is 5.26 Å². The first-order valence-corrected chi connectivity index (χ1v) is 11.6. The first-order chi connectivity index (χ1) is 17.8. The molecule has 168 valence electrons. The quantitative estimate of drug-likeness (QED) is 0.284. The fourth-order valence-electron chi connectivity index (χ4n) is 4.16. The fraction of sp³-hybridized carbons (Fsp3) is 0. The van der Waals surface area contributed by atoms with Gasteiger partial charge in [-0.05, 0) is 30.3 Å². The van der Waals surface area contributed by atoms with Crippen LogP contribution in [0.4, 0.5) is 0 Å². The summed E-state index contributed by atoms with van der Waals surface area (Å²) in [6.07, 6.45) is 0. The fourth-order valence-corrected chi connectivity index (χ4v) is 4.16. The highest BCUT2D eigenvalue weighted by Gasteiger charge is 2.18. The van der Waals surface area contributed by atoms with Crippen LogP contribution in [0.25, 0.3) is 56.3 Å². The average Bonchev–Trinajstić information content (AvgIpc) is 2.97. The molecule has 0 aliphatic rings. The van der Waals surface area contributed by atoms with Crippen molar-refractivity contribution in [3.63, 3.8) is 0 Å². The van der Waals surface area contributed by atoms with Gasteiger partial charge in [-0.15, -0.1) is 0 Å². The van der Waals surface area contributed by atoms with E-state index in [1.807, 2.05) is 109 Å². The van der Waals surface area contributed by atoms with Crippen LogP contribution in [0.15, 0.2) is 115 Å². The number of nitrogens with zero attached hydrogens (tertiary/aromatic N) is 5. The third kappa shape index (κ3) is 4.08. The molecule has 2 aromatic heterocycles. The van der Waals surface area contributed by atoms with Crippen molar-refractivity contribution < 1.29 is 0 Å². The number of para-hydroxylation sites is 2. The lowest BCUT2D eigenvalue weighted by atomic mass is 10.0. The van der Waals surface area contributed by atoms with Crippen LogP contribution in [0.2, 0.25) is 0 Å². The molecule has 6 aromatic rings. The van der Waals surface area contributed by atoms with Gasteiger partial charge in [0.2, 0.25) is 0 Å². The summed E-state index contributed by atoms with van der Waals surface area (Å²) in [5.41, 5.74) is 7.59. The van der Waals surface area contributed by atoms with E-state index >= 15 is 0 Å². The summed E-state index contributed by atoms with van der Waals surface area (Å²) in [5.74, 6) is 0.610. The highest BCUT2D eigenvalue weighted by molar-refractivity contribution is 5.86. The van der Waals surface area contributed by atoms with Gasteiger partial charge in [0, 0.05) is 16.7 Å². The second-order valence-corrected chi connectivity index (χ2v) is 8.30. The summed E-state index contributed by atoms with van der Waals surface area (Å²) in [5, 5.41) is 9.49. The van der Waals surface area contributed by atoms with Crippen molar-refractivity contribution in [1.29, 1.82) is 5.26 Å². The molecule has 0 fully saturated rings. The summed E-state index contributed by atoms with van der Waals surface area (Å²) in [6, 6.07) is 39.3. The van der Waals surface area contributed by atoms with Gasteiger partial charge in [-0.1, -0.05) is 84.9 Å². The van der Waals surface area contributed by atoms with Crippen LogP contribution in [-0.4, -0.2) is 19.9 Å². The highest BCUT2D eigenvalue weighted by atomic mass is 14.9. The van der Waals surface area contributed by atoms with Crippen LogP contribution in [0.3, 0.4) is 0 Å². The maximum Gasteiger partial charge on any atom is 0.160 e. The van der Waals surface area contributed by atoms with Gasteiger partial charge in [0.1, 0.15) is 5.69 Å².